The molecule has 9 nitrogen and oxygen atoms in total. The van der Waals surface area contributed by atoms with E-state index in [2.05, 4.69) is 30.3 Å². The Morgan fingerprint density at radius 3 is 2.95 bits per heavy atom. The SMILES string of the molecule is Cc1c(-c2nc(Cc3ncnn3C)no2)cnc2ccnn12. The highest BCUT2D eigenvalue weighted by molar-refractivity contribution is 5.57. The lowest BCUT2D eigenvalue weighted by Gasteiger charge is -2.02. The van der Waals surface area contributed by atoms with Crippen LogP contribution in [0.5, 0.6) is 0 Å². The van der Waals surface area contributed by atoms with Crippen LogP contribution in [0.15, 0.2) is 29.3 Å². The van der Waals surface area contributed by atoms with Crippen molar-refractivity contribution < 1.29 is 4.52 Å². The fraction of sp³-hybridized carbons (Fsp3) is 0.231. The van der Waals surface area contributed by atoms with Crippen molar-refractivity contribution in [1.82, 2.24) is 39.5 Å². The Hall–Kier alpha value is -3.10. The van der Waals surface area contributed by atoms with Crippen LogP contribution in [0.25, 0.3) is 17.1 Å². The van der Waals surface area contributed by atoms with Crippen molar-refractivity contribution in [2.75, 3.05) is 0 Å². The molecule has 0 aliphatic carbocycles. The van der Waals surface area contributed by atoms with Crippen LogP contribution in [0.1, 0.15) is 17.3 Å². The molecule has 22 heavy (non-hydrogen) atoms. The van der Waals surface area contributed by atoms with E-state index >= 15 is 0 Å². The van der Waals surface area contributed by atoms with E-state index in [4.69, 9.17) is 4.52 Å². The minimum atomic E-state index is 0.416. The minimum Gasteiger partial charge on any atom is -0.334 e. The zero-order valence-electron chi connectivity index (χ0n) is 12.0. The van der Waals surface area contributed by atoms with E-state index in [0.29, 0.717) is 18.1 Å². The number of rotatable bonds is 3. The number of hydrogen-bond donors (Lipinski definition) is 0. The van der Waals surface area contributed by atoms with Gasteiger partial charge in [-0.1, -0.05) is 5.16 Å². The first-order valence-corrected chi connectivity index (χ1v) is 6.67. The van der Waals surface area contributed by atoms with E-state index in [1.807, 2.05) is 20.0 Å². The van der Waals surface area contributed by atoms with E-state index in [0.717, 1.165) is 22.7 Å². The maximum Gasteiger partial charge on any atom is 0.261 e. The van der Waals surface area contributed by atoms with E-state index in [1.165, 1.54) is 6.33 Å². The number of aryl methyl sites for hydroxylation is 2. The van der Waals surface area contributed by atoms with Crippen molar-refractivity contribution in [2.45, 2.75) is 13.3 Å². The molecule has 0 fully saturated rings. The quantitative estimate of drug-likeness (QED) is 0.551. The average Bonchev–Trinajstić information content (AvgIpc) is 3.22. The van der Waals surface area contributed by atoms with Gasteiger partial charge >= 0.3 is 0 Å². The molecule has 4 aromatic rings. The second kappa shape index (κ2) is 4.72. The van der Waals surface area contributed by atoms with Crippen LogP contribution in [-0.4, -0.2) is 39.5 Å². The van der Waals surface area contributed by atoms with Gasteiger partial charge in [0.2, 0.25) is 0 Å². The molecule has 0 aromatic carbocycles. The second-order valence-electron chi connectivity index (χ2n) is 4.85. The molecule has 9 heteroatoms. The molecule has 0 saturated carbocycles. The molecule has 0 aliphatic rings. The lowest BCUT2D eigenvalue weighted by Crippen LogP contribution is -2.02. The molecule has 0 amide bonds. The summed E-state index contributed by atoms with van der Waals surface area (Å²) >= 11 is 0. The van der Waals surface area contributed by atoms with Gasteiger partial charge < -0.3 is 4.52 Å². The molecular formula is C13H12N8O. The van der Waals surface area contributed by atoms with Crippen LogP contribution in [0.4, 0.5) is 0 Å². The van der Waals surface area contributed by atoms with Crippen molar-refractivity contribution >= 4 is 5.65 Å². The first-order chi connectivity index (χ1) is 10.7. The van der Waals surface area contributed by atoms with Crippen LogP contribution in [-0.2, 0) is 13.5 Å². The Labute approximate surface area is 124 Å². The molecule has 0 bridgehead atoms. The van der Waals surface area contributed by atoms with Crippen LogP contribution in [0.3, 0.4) is 0 Å². The Morgan fingerprint density at radius 1 is 1.23 bits per heavy atom. The normalized spacial score (nSPS) is 11.4. The molecular weight excluding hydrogens is 284 g/mol. The highest BCUT2D eigenvalue weighted by Crippen LogP contribution is 2.21. The third kappa shape index (κ3) is 1.94. The summed E-state index contributed by atoms with van der Waals surface area (Å²) in [5, 5.41) is 12.2. The van der Waals surface area contributed by atoms with Gasteiger partial charge in [0.1, 0.15) is 12.2 Å². The van der Waals surface area contributed by atoms with Gasteiger partial charge in [-0.2, -0.15) is 15.2 Å². The lowest BCUT2D eigenvalue weighted by molar-refractivity contribution is 0.422. The summed E-state index contributed by atoms with van der Waals surface area (Å²) in [6, 6.07) is 1.84. The minimum absolute atomic E-state index is 0.416. The van der Waals surface area contributed by atoms with Crippen LogP contribution in [0, 0.1) is 6.92 Å². The Bertz CT molecular complexity index is 950. The molecule has 0 saturated heterocycles. The number of fused-ring (bicyclic) bond motifs is 1. The van der Waals surface area contributed by atoms with Gasteiger partial charge in [0, 0.05) is 19.3 Å². The number of aromatic nitrogens is 8. The summed E-state index contributed by atoms with van der Waals surface area (Å²) < 4.78 is 8.76. The van der Waals surface area contributed by atoms with Gasteiger partial charge in [-0.15, -0.1) is 0 Å². The zero-order valence-corrected chi connectivity index (χ0v) is 12.0. The molecule has 0 aliphatic heterocycles. The first-order valence-electron chi connectivity index (χ1n) is 6.67. The van der Waals surface area contributed by atoms with Crippen molar-refractivity contribution in [3.8, 4) is 11.5 Å². The van der Waals surface area contributed by atoms with Crippen LogP contribution >= 0.6 is 0 Å². The predicted octanol–water partition coefficient (Wildman–Crippen LogP) is 0.807. The number of nitrogens with zero attached hydrogens (tertiary/aromatic N) is 8. The van der Waals surface area contributed by atoms with Crippen molar-refractivity contribution in [2.24, 2.45) is 7.05 Å². The summed E-state index contributed by atoms with van der Waals surface area (Å²) in [4.78, 5) is 12.9. The summed E-state index contributed by atoms with van der Waals surface area (Å²) in [5.41, 5.74) is 2.43. The fourth-order valence-corrected chi connectivity index (χ4v) is 2.26. The molecule has 4 aromatic heterocycles. The monoisotopic (exact) mass is 296 g/mol. The van der Waals surface area contributed by atoms with E-state index in [9.17, 15) is 0 Å². The highest BCUT2D eigenvalue weighted by atomic mass is 16.5. The molecule has 110 valence electrons. The fourth-order valence-electron chi connectivity index (χ4n) is 2.26. The van der Waals surface area contributed by atoms with Crippen molar-refractivity contribution in [3.63, 3.8) is 0 Å². The smallest absolute Gasteiger partial charge is 0.261 e. The molecule has 0 radical (unpaired) electrons. The maximum absolute atomic E-state index is 5.35. The van der Waals surface area contributed by atoms with Gasteiger partial charge in [-0.3, -0.25) is 4.68 Å². The van der Waals surface area contributed by atoms with E-state index < -0.39 is 0 Å². The Balaban J connectivity index is 1.70. The zero-order chi connectivity index (χ0) is 15.1. The topological polar surface area (TPSA) is 99.8 Å². The van der Waals surface area contributed by atoms with E-state index in [1.54, 1.807) is 21.6 Å². The predicted molar refractivity (Wildman–Crippen MR) is 74.8 cm³/mol. The number of hydrogen-bond acceptors (Lipinski definition) is 7. The summed E-state index contributed by atoms with van der Waals surface area (Å²) in [6.07, 6.45) is 5.37. The van der Waals surface area contributed by atoms with Gasteiger partial charge in [-0.25, -0.2) is 14.5 Å². The third-order valence-electron chi connectivity index (χ3n) is 3.48. The van der Waals surface area contributed by atoms with Crippen molar-refractivity contribution in [3.05, 3.63) is 42.1 Å². The van der Waals surface area contributed by atoms with Gasteiger partial charge in [0.15, 0.2) is 11.5 Å². The molecule has 4 heterocycles. The van der Waals surface area contributed by atoms with Crippen LogP contribution in [0.2, 0.25) is 0 Å². The third-order valence-corrected chi connectivity index (χ3v) is 3.48. The van der Waals surface area contributed by atoms with Gasteiger partial charge in [-0.05, 0) is 6.92 Å². The Kier molecular flexibility index (Phi) is 2.71. The first kappa shape index (κ1) is 12.6. The maximum atomic E-state index is 5.35. The molecule has 4 rings (SSSR count). The standard InChI is InChI=1S/C13H12N8O/c1-8-9(6-14-11-3-4-16-21(8)11)13-18-10(19-22-13)5-12-15-7-17-20(12)2/h3-4,6-7H,5H2,1-2H3. The lowest BCUT2D eigenvalue weighted by atomic mass is 10.2. The summed E-state index contributed by atoms with van der Waals surface area (Å²) in [7, 11) is 1.82. The Morgan fingerprint density at radius 2 is 2.14 bits per heavy atom. The van der Waals surface area contributed by atoms with Gasteiger partial charge in [0.05, 0.1) is 23.9 Å². The summed E-state index contributed by atoms with van der Waals surface area (Å²) in [6.45, 7) is 1.93. The molecule has 0 atom stereocenters. The van der Waals surface area contributed by atoms with Crippen LogP contribution < -0.4 is 0 Å². The molecule has 0 N–H and O–H groups in total. The second-order valence-corrected chi connectivity index (χ2v) is 4.85. The van der Waals surface area contributed by atoms with Gasteiger partial charge in [0.25, 0.3) is 5.89 Å². The largest absolute Gasteiger partial charge is 0.334 e. The van der Waals surface area contributed by atoms with E-state index in [-0.39, 0.29) is 0 Å². The molecule has 0 unspecified atom stereocenters. The highest BCUT2D eigenvalue weighted by Gasteiger charge is 2.15. The van der Waals surface area contributed by atoms with Crippen molar-refractivity contribution in [1.29, 1.82) is 0 Å². The molecule has 0 spiro atoms. The average molecular weight is 296 g/mol. The summed E-state index contributed by atoms with van der Waals surface area (Å²) in [5.74, 6) is 1.73.